The van der Waals surface area contributed by atoms with Crippen LogP contribution < -0.4 is 9.30 Å². The third kappa shape index (κ3) is 5.83. The Morgan fingerprint density at radius 2 is 2.00 bits per heavy atom. The van der Waals surface area contributed by atoms with Gasteiger partial charge in [0.1, 0.15) is 11.9 Å². The lowest BCUT2D eigenvalue weighted by Crippen LogP contribution is -2.29. The van der Waals surface area contributed by atoms with Crippen molar-refractivity contribution in [3.05, 3.63) is 47.6 Å². The zero-order valence-electron chi connectivity index (χ0n) is 18.0. The molecule has 1 aliphatic heterocycles. The molecule has 31 heavy (non-hydrogen) atoms. The lowest BCUT2D eigenvalue weighted by atomic mass is 10.1. The van der Waals surface area contributed by atoms with E-state index in [4.69, 9.17) is 14.5 Å². The van der Waals surface area contributed by atoms with Crippen LogP contribution in [0.1, 0.15) is 37.4 Å². The van der Waals surface area contributed by atoms with E-state index in [9.17, 15) is 9.36 Å². The van der Waals surface area contributed by atoms with Gasteiger partial charge in [0.2, 0.25) is 12.6 Å². The van der Waals surface area contributed by atoms with Crippen molar-refractivity contribution < 1.29 is 33.0 Å². The quantitative estimate of drug-likeness (QED) is 0.364. The maximum absolute atomic E-state index is 12.7. The van der Waals surface area contributed by atoms with E-state index < -0.39 is 7.82 Å². The molecule has 3 rings (SSSR count). The van der Waals surface area contributed by atoms with Crippen LogP contribution in [0.15, 0.2) is 36.3 Å². The number of carbonyl (C=O) groups is 1. The summed E-state index contributed by atoms with van der Waals surface area (Å²) in [5.41, 5.74) is 3.14. The minimum Gasteiger partial charge on any atom is -0.492 e. The topological polar surface area (TPSA) is 105 Å². The SMILES string of the molecule is CC/C(=C\c1ccc(-[n+]2cc(C)n(COP(=O)(O)O)c2)c(OC)c1)C(=O)N1CCCC1. The fourth-order valence-electron chi connectivity index (χ4n) is 3.59. The van der Waals surface area contributed by atoms with Crippen LogP contribution in [0.5, 0.6) is 5.75 Å². The first-order chi connectivity index (χ1) is 14.7. The first-order valence-corrected chi connectivity index (χ1v) is 11.7. The molecule has 0 spiro atoms. The summed E-state index contributed by atoms with van der Waals surface area (Å²) >= 11 is 0. The number of aryl methyl sites for hydroxylation is 1. The van der Waals surface area contributed by atoms with Gasteiger partial charge in [-0.05, 0) is 43.0 Å². The number of imidazole rings is 1. The average Bonchev–Trinajstić information content (AvgIpc) is 3.39. The van der Waals surface area contributed by atoms with Crippen LogP contribution in [0, 0.1) is 6.92 Å². The van der Waals surface area contributed by atoms with E-state index in [2.05, 4.69) is 4.52 Å². The summed E-state index contributed by atoms with van der Waals surface area (Å²) < 4.78 is 24.5. The molecule has 1 saturated heterocycles. The number of hydrogen-bond donors (Lipinski definition) is 2. The number of phosphoric ester groups is 1. The van der Waals surface area contributed by atoms with Crippen molar-refractivity contribution in [2.24, 2.45) is 0 Å². The Labute approximate surface area is 181 Å². The van der Waals surface area contributed by atoms with Gasteiger partial charge in [-0.3, -0.25) is 4.79 Å². The average molecular weight is 450 g/mol. The standard InChI is InChI=1S/C21H28N3O6P/c1-4-18(21(25)22-9-5-6-10-22)11-17-7-8-19(20(12-17)29-3)23-13-16(2)24(14-23)15-30-31(26,27)28/h7-8,11-14H,4-6,9-10,15H2,1-3H3,(H-,26,27,28)/p+1/b18-11+. The number of aromatic nitrogens is 2. The van der Waals surface area contributed by atoms with Crippen molar-refractivity contribution >= 4 is 19.8 Å². The minimum absolute atomic E-state index is 0.0928. The molecule has 1 aromatic carbocycles. The summed E-state index contributed by atoms with van der Waals surface area (Å²) in [6, 6.07) is 5.66. The van der Waals surface area contributed by atoms with Gasteiger partial charge in [-0.2, -0.15) is 4.57 Å². The summed E-state index contributed by atoms with van der Waals surface area (Å²) in [6.45, 7) is 5.14. The summed E-state index contributed by atoms with van der Waals surface area (Å²) in [5.74, 6) is 0.700. The monoisotopic (exact) mass is 450 g/mol. The van der Waals surface area contributed by atoms with Crippen LogP contribution in [0.3, 0.4) is 0 Å². The molecule has 2 aromatic rings. The molecule has 1 aromatic heterocycles. The van der Waals surface area contributed by atoms with E-state index in [0.29, 0.717) is 12.2 Å². The van der Waals surface area contributed by atoms with Crippen LogP contribution in [0.2, 0.25) is 0 Å². The Morgan fingerprint density at radius 1 is 1.29 bits per heavy atom. The van der Waals surface area contributed by atoms with Gasteiger partial charge in [0.25, 0.3) is 6.33 Å². The molecule has 0 bridgehead atoms. The second kappa shape index (κ2) is 9.78. The number of phosphoric acid groups is 1. The Kier molecular flexibility index (Phi) is 7.33. The van der Waals surface area contributed by atoms with Gasteiger partial charge in [-0.25, -0.2) is 13.7 Å². The predicted octanol–water partition coefficient (Wildman–Crippen LogP) is 2.56. The maximum Gasteiger partial charge on any atom is 0.472 e. The van der Waals surface area contributed by atoms with Crippen LogP contribution in [0.25, 0.3) is 11.8 Å². The van der Waals surface area contributed by atoms with Crippen molar-refractivity contribution in [3.8, 4) is 11.4 Å². The number of ether oxygens (including phenoxy) is 1. The van der Waals surface area contributed by atoms with Gasteiger partial charge in [-0.1, -0.05) is 13.0 Å². The highest BCUT2D eigenvalue weighted by Crippen LogP contribution is 2.36. The Bertz CT molecular complexity index is 1020. The number of rotatable bonds is 8. The van der Waals surface area contributed by atoms with Crippen molar-refractivity contribution in [2.45, 2.75) is 39.8 Å². The number of likely N-dealkylation sites (tertiary alicyclic amines) is 1. The smallest absolute Gasteiger partial charge is 0.472 e. The zero-order valence-corrected chi connectivity index (χ0v) is 18.9. The Morgan fingerprint density at radius 3 is 2.61 bits per heavy atom. The third-order valence-electron chi connectivity index (χ3n) is 5.28. The van der Waals surface area contributed by atoms with Crippen LogP contribution >= 0.6 is 7.82 Å². The largest absolute Gasteiger partial charge is 0.492 e. The summed E-state index contributed by atoms with van der Waals surface area (Å²) in [4.78, 5) is 32.5. The van der Waals surface area contributed by atoms with Gasteiger partial charge in [0.15, 0.2) is 11.4 Å². The van der Waals surface area contributed by atoms with Gasteiger partial charge in [-0.15, -0.1) is 0 Å². The lowest BCUT2D eigenvalue weighted by molar-refractivity contribution is -0.596. The normalized spacial score (nSPS) is 14.9. The second-order valence-electron chi connectivity index (χ2n) is 7.47. The van der Waals surface area contributed by atoms with Crippen molar-refractivity contribution in [2.75, 3.05) is 20.2 Å². The first kappa shape index (κ1) is 23.2. The van der Waals surface area contributed by atoms with Crippen LogP contribution in [-0.4, -0.2) is 45.4 Å². The highest BCUT2D eigenvalue weighted by atomic mass is 31.2. The molecule has 0 radical (unpaired) electrons. The van der Waals surface area contributed by atoms with E-state index in [1.165, 1.54) is 0 Å². The van der Waals surface area contributed by atoms with E-state index in [1.807, 2.05) is 42.3 Å². The second-order valence-corrected chi connectivity index (χ2v) is 8.70. The molecule has 1 fully saturated rings. The predicted molar refractivity (Wildman–Crippen MR) is 114 cm³/mol. The molecule has 2 heterocycles. The number of carbonyl (C=O) groups excluding carboxylic acids is 1. The zero-order chi connectivity index (χ0) is 22.6. The maximum atomic E-state index is 12.7. The fourth-order valence-corrected chi connectivity index (χ4v) is 3.87. The molecule has 168 valence electrons. The molecule has 0 saturated carbocycles. The third-order valence-corrected chi connectivity index (χ3v) is 5.73. The van der Waals surface area contributed by atoms with E-state index in [1.54, 1.807) is 29.5 Å². The number of methoxy groups -OCH3 is 1. The van der Waals surface area contributed by atoms with Gasteiger partial charge >= 0.3 is 7.82 Å². The Balaban J connectivity index is 1.86. The van der Waals surface area contributed by atoms with Gasteiger partial charge in [0.05, 0.1) is 7.11 Å². The summed E-state index contributed by atoms with van der Waals surface area (Å²) in [5, 5.41) is 0. The number of benzene rings is 1. The van der Waals surface area contributed by atoms with Crippen molar-refractivity contribution in [1.29, 1.82) is 0 Å². The van der Waals surface area contributed by atoms with Crippen LogP contribution in [-0.2, 0) is 20.6 Å². The molecular weight excluding hydrogens is 421 g/mol. The summed E-state index contributed by atoms with van der Waals surface area (Å²) in [7, 11) is -2.99. The fraction of sp³-hybridized carbons (Fsp3) is 0.429. The molecule has 1 aliphatic rings. The highest BCUT2D eigenvalue weighted by Gasteiger charge is 2.22. The number of amides is 1. The molecule has 10 heteroatoms. The molecule has 0 unspecified atom stereocenters. The van der Waals surface area contributed by atoms with Crippen molar-refractivity contribution in [1.82, 2.24) is 9.47 Å². The molecule has 1 amide bonds. The van der Waals surface area contributed by atoms with E-state index in [-0.39, 0.29) is 12.6 Å². The van der Waals surface area contributed by atoms with E-state index >= 15 is 0 Å². The first-order valence-electron chi connectivity index (χ1n) is 10.2. The molecule has 0 atom stereocenters. The number of hydrogen-bond acceptors (Lipinski definition) is 4. The lowest BCUT2D eigenvalue weighted by Gasteiger charge is -2.17. The molecule has 0 aliphatic carbocycles. The van der Waals surface area contributed by atoms with Gasteiger partial charge < -0.3 is 19.4 Å². The molecule has 2 N–H and O–H groups in total. The van der Waals surface area contributed by atoms with E-state index in [0.717, 1.165) is 48.4 Å². The molecule has 9 nitrogen and oxygen atoms in total. The molecular formula is C21H29N3O6P+. The minimum atomic E-state index is -4.56. The number of nitrogens with zero attached hydrogens (tertiary/aromatic N) is 3. The van der Waals surface area contributed by atoms with Gasteiger partial charge in [0, 0.05) is 25.6 Å². The van der Waals surface area contributed by atoms with Crippen LogP contribution in [0.4, 0.5) is 0 Å². The van der Waals surface area contributed by atoms with Crippen molar-refractivity contribution in [3.63, 3.8) is 0 Å². The summed E-state index contributed by atoms with van der Waals surface area (Å²) in [6.07, 6.45) is 8.15. The Hall–Kier alpha value is -2.45. The highest BCUT2D eigenvalue weighted by molar-refractivity contribution is 7.46.